The SMILES string of the molecule is Cl.Cl.NC1CC(O)CC1N. The normalized spacial score (nSPS) is 38.1. The molecule has 10 heavy (non-hydrogen) atoms. The van der Waals surface area contributed by atoms with Crippen molar-refractivity contribution in [2.24, 2.45) is 11.5 Å². The standard InChI is InChI=1S/C5H12N2O.2ClH/c6-4-1-3(8)2-5(4)7;;/h3-5,8H,1-2,6-7H2;2*1H. The molecular weight excluding hydrogens is 175 g/mol. The van der Waals surface area contributed by atoms with E-state index in [0.717, 1.165) is 0 Å². The van der Waals surface area contributed by atoms with Crippen LogP contribution in [0.2, 0.25) is 0 Å². The average Bonchev–Trinajstić information content (AvgIpc) is 1.85. The van der Waals surface area contributed by atoms with E-state index in [1.807, 2.05) is 0 Å². The van der Waals surface area contributed by atoms with Gasteiger partial charge >= 0.3 is 0 Å². The van der Waals surface area contributed by atoms with E-state index >= 15 is 0 Å². The van der Waals surface area contributed by atoms with Gasteiger partial charge in [-0.05, 0) is 12.8 Å². The lowest BCUT2D eigenvalue weighted by Gasteiger charge is -2.05. The summed E-state index contributed by atoms with van der Waals surface area (Å²) in [5, 5.41) is 8.91. The van der Waals surface area contributed by atoms with Gasteiger partial charge < -0.3 is 16.6 Å². The molecule has 2 atom stereocenters. The predicted molar refractivity (Wildman–Crippen MR) is 45.7 cm³/mol. The largest absolute Gasteiger partial charge is 0.393 e. The quantitative estimate of drug-likeness (QED) is 0.487. The molecule has 0 spiro atoms. The molecule has 5 heteroatoms. The summed E-state index contributed by atoms with van der Waals surface area (Å²) < 4.78 is 0. The van der Waals surface area contributed by atoms with Gasteiger partial charge in [0.05, 0.1) is 6.10 Å². The maximum absolute atomic E-state index is 8.91. The van der Waals surface area contributed by atoms with Crippen LogP contribution in [-0.2, 0) is 0 Å². The second-order valence-corrected chi connectivity index (χ2v) is 2.45. The van der Waals surface area contributed by atoms with Gasteiger partial charge in [-0.3, -0.25) is 0 Å². The van der Waals surface area contributed by atoms with Crippen LogP contribution in [-0.4, -0.2) is 23.3 Å². The van der Waals surface area contributed by atoms with Crippen molar-refractivity contribution in [3.8, 4) is 0 Å². The Bertz CT molecular complexity index is 83.7. The molecule has 0 amide bonds. The van der Waals surface area contributed by atoms with Crippen molar-refractivity contribution >= 4 is 24.8 Å². The minimum absolute atomic E-state index is 0. The van der Waals surface area contributed by atoms with Gasteiger partial charge in [0, 0.05) is 12.1 Å². The van der Waals surface area contributed by atoms with Crippen molar-refractivity contribution in [3.63, 3.8) is 0 Å². The lowest BCUT2D eigenvalue weighted by molar-refractivity contribution is 0.180. The second-order valence-electron chi connectivity index (χ2n) is 2.45. The minimum atomic E-state index is -0.250. The fourth-order valence-electron chi connectivity index (χ4n) is 1.07. The van der Waals surface area contributed by atoms with E-state index < -0.39 is 0 Å². The van der Waals surface area contributed by atoms with Gasteiger partial charge in [-0.25, -0.2) is 0 Å². The Hall–Kier alpha value is 0.460. The van der Waals surface area contributed by atoms with Crippen LogP contribution < -0.4 is 11.5 Å². The monoisotopic (exact) mass is 188 g/mol. The first kappa shape index (κ1) is 13.1. The van der Waals surface area contributed by atoms with Crippen LogP contribution in [0, 0.1) is 0 Å². The van der Waals surface area contributed by atoms with Crippen LogP contribution in [0.3, 0.4) is 0 Å². The molecule has 1 fully saturated rings. The highest BCUT2D eigenvalue weighted by molar-refractivity contribution is 5.85. The maximum atomic E-state index is 8.91. The molecule has 1 aliphatic carbocycles. The van der Waals surface area contributed by atoms with Crippen LogP contribution in [0.1, 0.15) is 12.8 Å². The number of aliphatic hydroxyl groups excluding tert-OH is 1. The number of rotatable bonds is 0. The summed E-state index contributed by atoms with van der Waals surface area (Å²) in [6.45, 7) is 0. The van der Waals surface area contributed by atoms with E-state index in [-0.39, 0.29) is 43.0 Å². The van der Waals surface area contributed by atoms with Gasteiger partial charge in [-0.1, -0.05) is 0 Å². The molecule has 0 aromatic carbocycles. The Morgan fingerprint density at radius 3 is 1.40 bits per heavy atom. The first-order valence-electron chi connectivity index (χ1n) is 2.89. The van der Waals surface area contributed by atoms with E-state index in [1.165, 1.54) is 0 Å². The number of aliphatic hydroxyl groups is 1. The van der Waals surface area contributed by atoms with Crippen molar-refractivity contribution in [3.05, 3.63) is 0 Å². The Labute approximate surface area is 73.0 Å². The smallest absolute Gasteiger partial charge is 0.0571 e. The number of hydrogen-bond donors (Lipinski definition) is 3. The average molecular weight is 189 g/mol. The number of hydrogen-bond acceptors (Lipinski definition) is 3. The lowest BCUT2D eigenvalue weighted by Crippen LogP contribution is -2.35. The third kappa shape index (κ3) is 3.03. The Balaban J connectivity index is 0. The molecular formula is C5H14Cl2N2O. The van der Waals surface area contributed by atoms with Crippen molar-refractivity contribution in [1.82, 2.24) is 0 Å². The molecule has 0 aromatic heterocycles. The molecule has 0 radical (unpaired) electrons. The Kier molecular flexibility index (Phi) is 6.74. The van der Waals surface area contributed by atoms with Gasteiger partial charge in [0.15, 0.2) is 0 Å². The van der Waals surface area contributed by atoms with E-state index in [2.05, 4.69) is 0 Å². The highest BCUT2D eigenvalue weighted by Crippen LogP contribution is 2.15. The van der Waals surface area contributed by atoms with Gasteiger partial charge in [0.25, 0.3) is 0 Å². The fraction of sp³-hybridized carbons (Fsp3) is 1.00. The van der Waals surface area contributed by atoms with E-state index in [9.17, 15) is 0 Å². The highest BCUT2D eigenvalue weighted by Gasteiger charge is 2.26. The van der Waals surface area contributed by atoms with Crippen molar-refractivity contribution in [2.45, 2.75) is 31.0 Å². The third-order valence-corrected chi connectivity index (χ3v) is 1.64. The zero-order chi connectivity index (χ0) is 6.15. The maximum Gasteiger partial charge on any atom is 0.0571 e. The Morgan fingerprint density at radius 1 is 1.00 bits per heavy atom. The number of halogens is 2. The first-order chi connectivity index (χ1) is 3.70. The summed E-state index contributed by atoms with van der Waals surface area (Å²) >= 11 is 0. The molecule has 1 rings (SSSR count). The minimum Gasteiger partial charge on any atom is -0.393 e. The summed E-state index contributed by atoms with van der Waals surface area (Å²) in [5.41, 5.74) is 11.0. The van der Waals surface area contributed by atoms with E-state index in [0.29, 0.717) is 12.8 Å². The molecule has 2 unspecified atom stereocenters. The van der Waals surface area contributed by atoms with Crippen molar-refractivity contribution in [1.29, 1.82) is 0 Å². The zero-order valence-corrected chi connectivity index (χ0v) is 7.20. The van der Waals surface area contributed by atoms with Gasteiger partial charge in [0.1, 0.15) is 0 Å². The van der Waals surface area contributed by atoms with Crippen LogP contribution in [0.5, 0.6) is 0 Å². The summed E-state index contributed by atoms with van der Waals surface area (Å²) in [6, 6.07) is 0.0370. The van der Waals surface area contributed by atoms with Gasteiger partial charge in [0.2, 0.25) is 0 Å². The third-order valence-electron chi connectivity index (χ3n) is 1.64. The molecule has 3 nitrogen and oxygen atoms in total. The molecule has 64 valence electrons. The van der Waals surface area contributed by atoms with Crippen molar-refractivity contribution in [2.75, 3.05) is 0 Å². The van der Waals surface area contributed by atoms with E-state index in [1.54, 1.807) is 0 Å². The lowest BCUT2D eigenvalue weighted by atomic mass is 10.2. The molecule has 0 saturated heterocycles. The predicted octanol–water partition coefficient (Wildman–Crippen LogP) is -0.361. The van der Waals surface area contributed by atoms with Crippen molar-refractivity contribution < 1.29 is 5.11 Å². The van der Waals surface area contributed by atoms with Gasteiger partial charge in [-0.2, -0.15) is 0 Å². The molecule has 5 N–H and O–H groups in total. The summed E-state index contributed by atoms with van der Waals surface area (Å²) in [4.78, 5) is 0. The number of nitrogens with two attached hydrogens (primary N) is 2. The Morgan fingerprint density at radius 2 is 1.30 bits per heavy atom. The van der Waals surface area contributed by atoms with Crippen LogP contribution >= 0.6 is 24.8 Å². The van der Waals surface area contributed by atoms with Gasteiger partial charge in [-0.15, -0.1) is 24.8 Å². The van der Waals surface area contributed by atoms with Crippen LogP contribution in [0.4, 0.5) is 0 Å². The highest BCUT2D eigenvalue weighted by atomic mass is 35.5. The molecule has 1 aliphatic rings. The summed E-state index contributed by atoms with van der Waals surface area (Å²) in [6.07, 6.45) is 1.09. The topological polar surface area (TPSA) is 72.3 Å². The fourth-order valence-corrected chi connectivity index (χ4v) is 1.07. The molecule has 0 bridgehead atoms. The molecule has 0 aromatic rings. The van der Waals surface area contributed by atoms with Crippen LogP contribution in [0.15, 0.2) is 0 Å². The first-order valence-corrected chi connectivity index (χ1v) is 2.89. The molecule has 0 heterocycles. The zero-order valence-electron chi connectivity index (χ0n) is 5.56. The van der Waals surface area contributed by atoms with Crippen LogP contribution in [0.25, 0.3) is 0 Å². The van der Waals surface area contributed by atoms with E-state index in [4.69, 9.17) is 16.6 Å². The molecule has 1 saturated carbocycles. The summed E-state index contributed by atoms with van der Waals surface area (Å²) in [5.74, 6) is 0. The molecule has 0 aliphatic heterocycles. The second kappa shape index (κ2) is 5.16. The summed E-state index contributed by atoms with van der Waals surface area (Å²) in [7, 11) is 0.